The van der Waals surface area contributed by atoms with Crippen molar-refractivity contribution in [1.82, 2.24) is 19.2 Å². The maximum Gasteiger partial charge on any atom is 0.262 e. The van der Waals surface area contributed by atoms with E-state index >= 15 is 0 Å². The number of hydrogen-bond acceptors (Lipinski definition) is 6. The number of fused-ring (bicyclic) bond motifs is 3. The molecule has 8 heteroatoms. The fourth-order valence-corrected chi connectivity index (χ4v) is 3.13. The summed E-state index contributed by atoms with van der Waals surface area (Å²) in [6, 6.07) is 13.0. The van der Waals surface area contributed by atoms with Crippen LogP contribution in [0.4, 0.5) is 5.69 Å². The highest BCUT2D eigenvalue weighted by molar-refractivity contribution is 5.80. The summed E-state index contributed by atoms with van der Waals surface area (Å²) in [4.78, 5) is 12.5. The summed E-state index contributed by atoms with van der Waals surface area (Å²) in [5, 5.41) is 12.4. The Balaban J connectivity index is 1.74. The Morgan fingerprint density at radius 2 is 1.81 bits per heavy atom. The van der Waals surface area contributed by atoms with Crippen LogP contribution in [0, 0.1) is 0 Å². The van der Waals surface area contributed by atoms with Crippen molar-refractivity contribution in [1.29, 1.82) is 0 Å². The van der Waals surface area contributed by atoms with Crippen molar-refractivity contribution in [2.24, 2.45) is 7.05 Å². The van der Waals surface area contributed by atoms with Crippen LogP contribution in [0.25, 0.3) is 16.7 Å². The summed E-state index contributed by atoms with van der Waals surface area (Å²) in [7, 11) is 4.90. The standard InChI is InChI=1S/C19H19N5O3/c1-23-18(25)13-6-4-5-7-14(13)24-17(21-22-19(23)24)11-20-12-8-9-15(26-2)16(10-12)27-3/h4-10,20H,11H2,1-3H3. The van der Waals surface area contributed by atoms with Gasteiger partial charge in [-0.25, -0.2) is 0 Å². The monoisotopic (exact) mass is 365 g/mol. The summed E-state index contributed by atoms with van der Waals surface area (Å²) < 4.78 is 14.0. The molecule has 0 radical (unpaired) electrons. The van der Waals surface area contributed by atoms with Crippen LogP contribution in [0.2, 0.25) is 0 Å². The van der Waals surface area contributed by atoms with Gasteiger partial charge in [-0.1, -0.05) is 12.1 Å². The lowest BCUT2D eigenvalue weighted by molar-refractivity contribution is 0.355. The van der Waals surface area contributed by atoms with E-state index in [1.54, 1.807) is 21.3 Å². The van der Waals surface area contributed by atoms with Crippen molar-refractivity contribution in [3.63, 3.8) is 0 Å². The first-order valence-electron chi connectivity index (χ1n) is 8.41. The van der Waals surface area contributed by atoms with Crippen LogP contribution in [-0.2, 0) is 13.6 Å². The molecule has 2 heterocycles. The Morgan fingerprint density at radius 3 is 2.59 bits per heavy atom. The third-order valence-electron chi connectivity index (χ3n) is 4.53. The summed E-state index contributed by atoms with van der Waals surface area (Å²) in [6.07, 6.45) is 0. The Hall–Kier alpha value is -3.55. The van der Waals surface area contributed by atoms with Crippen LogP contribution in [0.5, 0.6) is 11.5 Å². The summed E-state index contributed by atoms with van der Waals surface area (Å²) in [6.45, 7) is 0.429. The van der Waals surface area contributed by atoms with E-state index < -0.39 is 0 Å². The van der Waals surface area contributed by atoms with Gasteiger partial charge < -0.3 is 14.8 Å². The Morgan fingerprint density at radius 1 is 1.04 bits per heavy atom. The van der Waals surface area contributed by atoms with Gasteiger partial charge in [-0.15, -0.1) is 10.2 Å². The molecule has 0 aliphatic heterocycles. The molecule has 0 fully saturated rings. The van der Waals surface area contributed by atoms with Gasteiger partial charge in [-0.05, 0) is 24.3 Å². The largest absolute Gasteiger partial charge is 0.493 e. The average Bonchev–Trinajstić information content (AvgIpc) is 3.14. The Bertz CT molecular complexity index is 1200. The number of nitrogens with one attached hydrogen (secondary N) is 1. The van der Waals surface area contributed by atoms with Crippen molar-refractivity contribution in [2.45, 2.75) is 6.54 Å². The highest BCUT2D eigenvalue weighted by atomic mass is 16.5. The number of rotatable bonds is 5. The zero-order chi connectivity index (χ0) is 19.0. The first kappa shape index (κ1) is 16.9. The van der Waals surface area contributed by atoms with Gasteiger partial charge in [0.2, 0.25) is 5.78 Å². The molecule has 0 saturated carbocycles. The second kappa shape index (κ2) is 6.64. The zero-order valence-electron chi connectivity index (χ0n) is 15.3. The number of benzene rings is 2. The summed E-state index contributed by atoms with van der Waals surface area (Å²) in [5.41, 5.74) is 1.55. The number of aryl methyl sites for hydroxylation is 1. The lowest BCUT2D eigenvalue weighted by Gasteiger charge is -2.11. The maximum atomic E-state index is 12.5. The van der Waals surface area contributed by atoms with Crippen LogP contribution in [0.3, 0.4) is 0 Å². The molecule has 0 spiro atoms. The number of anilines is 1. The van der Waals surface area contributed by atoms with E-state index in [0.717, 1.165) is 11.2 Å². The van der Waals surface area contributed by atoms with Gasteiger partial charge in [0, 0.05) is 18.8 Å². The molecular formula is C19H19N5O3. The number of nitrogens with zero attached hydrogens (tertiary/aromatic N) is 4. The first-order chi connectivity index (χ1) is 13.1. The SMILES string of the molecule is COc1ccc(NCc2nnc3n(C)c(=O)c4ccccc4n23)cc1OC. The maximum absolute atomic E-state index is 12.5. The number of methoxy groups -OCH3 is 2. The smallest absolute Gasteiger partial charge is 0.262 e. The van der Waals surface area contributed by atoms with Crippen molar-refractivity contribution in [3.8, 4) is 11.5 Å². The molecule has 8 nitrogen and oxygen atoms in total. The van der Waals surface area contributed by atoms with Gasteiger partial charge in [-0.3, -0.25) is 13.8 Å². The van der Waals surface area contributed by atoms with Gasteiger partial charge in [0.15, 0.2) is 17.3 Å². The second-order valence-corrected chi connectivity index (χ2v) is 6.06. The minimum absolute atomic E-state index is 0.0927. The molecule has 0 bridgehead atoms. The van der Waals surface area contributed by atoms with Crippen molar-refractivity contribution >= 4 is 22.4 Å². The molecule has 0 atom stereocenters. The molecule has 0 unspecified atom stereocenters. The van der Waals surface area contributed by atoms with Gasteiger partial charge in [-0.2, -0.15) is 0 Å². The third kappa shape index (κ3) is 2.75. The van der Waals surface area contributed by atoms with E-state index in [1.807, 2.05) is 46.9 Å². The van der Waals surface area contributed by atoms with E-state index in [9.17, 15) is 4.79 Å². The van der Waals surface area contributed by atoms with Crippen molar-refractivity contribution in [2.75, 3.05) is 19.5 Å². The molecule has 27 heavy (non-hydrogen) atoms. The van der Waals surface area contributed by atoms with Crippen molar-refractivity contribution < 1.29 is 9.47 Å². The fraction of sp³-hybridized carbons (Fsp3) is 0.211. The Kier molecular flexibility index (Phi) is 4.15. The van der Waals surface area contributed by atoms with E-state index in [2.05, 4.69) is 15.5 Å². The lowest BCUT2D eigenvalue weighted by Crippen LogP contribution is -2.20. The molecule has 138 valence electrons. The predicted molar refractivity (Wildman–Crippen MR) is 103 cm³/mol. The average molecular weight is 365 g/mol. The molecule has 4 aromatic rings. The minimum Gasteiger partial charge on any atom is -0.493 e. The Labute approximate surface area is 155 Å². The highest BCUT2D eigenvalue weighted by Crippen LogP contribution is 2.29. The molecular weight excluding hydrogens is 346 g/mol. The highest BCUT2D eigenvalue weighted by Gasteiger charge is 2.14. The van der Waals surface area contributed by atoms with Gasteiger partial charge >= 0.3 is 0 Å². The van der Waals surface area contributed by atoms with E-state index in [0.29, 0.717) is 35.0 Å². The number of hydrogen-bond donors (Lipinski definition) is 1. The van der Waals surface area contributed by atoms with Crippen LogP contribution in [0.1, 0.15) is 5.82 Å². The van der Waals surface area contributed by atoms with Crippen LogP contribution < -0.4 is 20.3 Å². The lowest BCUT2D eigenvalue weighted by atomic mass is 10.2. The molecule has 0 aliphatic rings. The first-order valence-corrected chi connectivity index (χ1v) is 8.41. The van der Waals surface area contributed by atoms with Crippen LogP contribution >= 0.6 is 0 Å². The van der Waals surface area contributed by atoms with Gasteiger partial charge in [0.1, 0.15) is 0 Å². The zero-order valence-corrected chi connectivity index (χ0v) is 15.3. The molecule has 0 aliphatic carbocycles. The topological polar surface area (TPSA) is 82.7 Å². The predicted octanol–water partition coefficient (Wildman–Crippen LogP) is 2.21. The number of para-hydroxylation sites is 1. The van der Waals surface area contributed by atoms with Gasteiger partial charge in [0.25, 0.3) is 5.56 Å². The molecule has 0 saturated heterocycles. The van der Waals surface area contributed by atoms with E-state index in [4.69, 9.17) is 9.47 Å². The number of ether oxygens (including phenoxy) is 2. The van der Waals surface area contributed by atoms with Gasteiger partial charge in [0.05, 0.1) is 31.7 Å². The number of aromatic nitrogens is 4. The summed E-state index contributed by atoms with van der Waals surface area (Å²) in [5.74, 6) is 2.51. The van der Waals surface area contributed by atoms with Crippen LogP contribution in [-0.4, -0.2) is 33.4 Å². The summed E-state index contributed by atoms with van der Waals surface area (Å²) >= 11 is 0. The fourth-order valence-electron chi connectivity index (χ4n) is 3.13. The quantitative estimate of drug-likeness (QED) is 0.584. The molecule has 2 aromatic carbocycles. The third-order valence-corrected chi connectivity index (χ3v) is 4.53. The van der Waals surface area contributed by atoms with Crippen molar-refractivity contribution in [3.05, 3.63) is 58.6 Å². The normalized spacial score (nSPS) is 11.1. The van der Waals surface area contributed by atoms with E-state index in [1.165, 1.54) is 4.57 Å². The minimum atomic E-state index is -0.0927. The molecule has 2 aromatic heterocycles. The van der Waals surface area contributed by atoms with E-state index in [-0.39, 0.29) is 5.56 Å². The molecule has 1 N–H and O–H groups in total. The van der Waals surface area contributed by atoms with Crippen LogP contribution in [0.15, 0.2) is 47.3 Å². The second-order valence-electron chi connectivity index (χ2n) is 6.06. The molecule has 0 amide bonds. The molecule has 4 rings (SSSR count).